The summed E-state index contributed by atoms with van der Waals surface area (Å²) >= 11 is 0. The zero-order chi connectivity index (χ0) is 11.7. The van der Waals surface area contributed by atoms with E-state index in [1.165, 1.54) is 6.42 Å². The highest BCUT2D eigenvalue weighted by Gasteiger charge is 2.19. The van der Waals surface area contributed by atoms with Crippen molar-refractivity contribution < 1.29 is 6.22 Å². The number of carbonyl (C=O) groups is 1. The van der Waals surface area contributed by atoms with Gasteiger partial charge >= 0.3 is 0 Å². The van der Waals surface area contributed by atoms with Crippen LogP contribution in [0.25, 0.3) is 0 Å². The standard InChI is InChI=1S/C10H20N2O.C2H6.H2/c1-3-6-11-10-4-7-12(8-5-10)9(2)13;1-2;/h10-11H,3-8H2,1-2H3;1-2H3;1H. The minimum absolute atomic E-state index is 0. The number of carbonyl (C=O) groups excluding carboxylic acids is 1. The van der Waals surface area contributed by atoms with E-state index in [0.717, 1.165) is 32.5 Å². The lowest BCUT2D eigenvalue weighted by atomic mass is 10.1. The highest BCUT2D eigenvalue weighted by atomic mass is 16.2. The van der Waals surface area contributed by atoms with Crippen LogP contribution in [0.3, 0.4) is 0 Å². The molecule has 1 aliphatic heterocycles. The normalized spacial score (nSPS) is 16.9. The highest BCUT2D eigenvalue weighted by Crippen LogP contribution is 2.09. The Morgan fingerprint density at radius 2 is 1.93 bits per heavy atom. The lowest BCUT2D eigenvalue weighted by Crippen LogP contribution is -2.44. The number of nitrogens with one attached hydrogen (secondary N) is 1. The number of nitrogens with zero attached hydrogens (tertiary/aromatic N) is 1. The molecule has 92 valence electrons. The Balaban J connectivity index is 0. The van der Waals surface area contributed by atoms with Gasteiger partial charge in [-0.15, -0.1) is 0 Å². The van der Waals surface area contributed by atoms with Crippen LogP contribution in [-0.4, -0.2) is 36.5 Å². The zero-order valence-corrected chi connectivity index (χ0v) is 10.7. The fourth-order valence-corrected chi connectivity index (χ4v) is 1.75. The van der Waals surface area contributed by atoms with E-state index in [4.69, 9.17) is 0 Å². The van der Waals surface area contributed by atoms with Crippen molar-refractivity contribution in [2.24, 2.45) is 0 Å². The van der Waals surface area contributed by atoms with E-state index >= 15 is 0 Å². The summed E-state index contributed by atoms with van der Waals surface area (Å²) in [7, 11) is 0. The molecule has 1 rings (SSSR count). The summed E-state index contributed by atoms with van der Waals surface area (Å²) in [5, 5.41) is 3.49. The SMILES string of the molecule is CC.CCCNC1CCN(C(C)=O)CC1.[HH]. The molecular formula is C12H28N2O. The second-order valence-electron chi connectivity index (χ2n) is 3.73. The molecule has 15 heavy (non-hydrogen) atoms. The van der Waals surface area contributed by atoms with Gasteiger partial charge < -0.3 is 10.2 Å². The third-order valence-electron chi connectivity index (χ3n) is 2.62. The van der Waals surface area contributed by atoms with Crippen LogP contribution in [0.15, 0.2) is 0 Å². The molecule has 1 fully saturated rings. The van der Waals surface area contributed by atoms with E-state index in [1.807, 2.05) is 18.7 Å². The largest absolute Gasteiger partial charge is 0.343 e. The van der Waals surface area contributed by atoms with Crippen molar-refractivity contribution in [1.29, 1.82) is 0 Å². The summed E-state index contributed by atoms with van der Waals surface area (Å²) in [6.45, 7) is 10.8. The molecule has 0 aromatic carbocycles. The second kappa shape index (κ2) is 8.72. The summed E-state index contributed by atoms with van der Waals surface area (Å²) in [6, 6.07) is 0.635. The van der Waals surface area contributed by atoms with Crippen molar-refractivity contribution in [1.82, 2.24) is 10.2 Å². The molecule has 0 spiro atoms. The molecule has 0 aliphatic carbocycles. The minimum Gasteiger partial charge on any atom is -0.343 e. The molecular weight excluding hydrogens is 188 g/mol. The van der Waals surface area contributed by atoms with Crippen LogP contribution in [0.1, 0.15) is 48.4 Å². The van der Waals surface area contributed by atoms with Crippen molar-refractivity contribution in [2.75, 3.05) is 19.6 Å². The van der Waals surface area contributed by atoms with Crippen LogP contribution < -0.4 is 5.32 Å². The topological polar surface area (TPSA) is 32.3 Å². The average molecular weight is 216 g/mol. The maximum Gasteiger partial charge on any atom is 0.219 e. The molecule has 3 nitrogen and oxygen atoms in total. The monoisotopic (exact) mass is 216 g/mol. The second-order valence-corrected chi connectivity index (χ2v) is 3.73. The predicted molar refractivity (Wildman–Crippen MR) is 67.0 cm³/mol. The Kier molecular flexibility index (Phi) is 8.38. The van der Waals surface area contributed by atoms with E-state index in [1.54, 1.807) is 6.92 Å². The summed E-state index contributed by atoms with van der Waals surface area (Å²) in [6.07, 6.45) is 3.41. The Hall–Kier alpha value is -0.570. The van der Waals surface area contributed by atoms with Crippen molar-refractivity contribution in [3.63, 3.8) is 0 Å². The van der Waals surface area contributed by atoms with Gasteiger partial charge in [0.1, 0.15) is 0 Å². The van der Waals surface area contributed by atoms with E-state index in [2.05, 4.69) is 12.2 Å². The van der Waals surface area contributed by atoms with Crippen LogP contribution in [0.5, 0.6) is 0 Å². The number of hydrogen-bond acceptors (Lipinski definition) is 2. The first-order chi connectivity index (χ1) is 7.24. The van der Waals surface area contributed by atoms with Gasteiger partial charge in [-0.3, -0.25) is 4.79 Å². The molecule has 0 bridgehead atoms. The van der Waals surface area contributed by atoms with Gasteiger partial charge in [-0.1, -0.05) is 20.8 Å². The number of rotatable bonds is 3. The quantitative estimate of drug-likeness (QED) is 0.785. The first-order valence-corrected chi connectivity index (χ1v) is 6.23. The highest BCUT2D eigenvalue weighted by molar-refractivity contribution is 5.73. The van der Waals surface area contributed by atoms with Crippen molar-refractivity contribution >= 4 is 5.91 Å². The summed E-state index contributed by atoms with van der Waals surface area (Å²) in [4.78, 5) is 13.0. The van der Waals surface area contributed by atoms with Crippen LogP contribution in [0.2, 0.25) is 0 Å². The van der Waals surface area contributed by atoms with E-state index in [-0.39, 0.29) is 7.33 Å². The van der Waals surface area contributed by atoms with Gasteiger partial charge in [-0.2, -0.15) is 0 Å². The Bertz CT molecular complexity index is 168. The minimum atomic E-state index is 0. The molecule has 0 radical (unpaired) electrons. The fraction of sp³-hybridized carbons (Fsp3) is 0.917. The Morgan fingerprint density at radius 1 is 1.40 bits per heavy atom. The molecule has 1 aliphatic rings. The lowest BCUT2D eigenvalue weighted by Gasteiger charge is -2.31. The first kappa shape index (κ1) is 14.4. The molecule has 0 aromatic heterocycles. The van der Waals surface area contributed by atoms with Crippen LogP contribution in [0.4, 0.5) is 0 Å². The number of amides is 1. The van der Waals surface area contributed by atoms with E-state index in [0.29, 0.717) is 6.04 Å². The summed E-state index contributed by atoms with van der Waals surface area (Å²) in [5.74, 6) is 0.217. The molecule has 1 heterocycles. The third kappa shape index (κ3) is 5.78. The van der Waals surface area contributed by atoms with Crippen LogP contribution in [-0.2, 0) is 4.79 Å². The van der Waals surface area contributed by atoms with Gasteiger partial charge in [0.2, 0.25) is 5.91 Å². The third-order valence-corrected chi connectivity index (χ3v) is 2.62. The molecule has 3 heteroatoms. The molecule has 0 aromatic rings. The molecule has 1 amide bonds. The maximum atomic E-state index is 11.0. The molecule has 1 N–H and O–H groups in total. The fourth-order valence-electron chi connectivity index (χ4n) is 1.75. The van der Waals surface area contributed by atoms with Crippen LogP contribution >= 0.6 is 0 Å². The van der Waals surface area contributed by atoms with Gasteiger partial charge in [-0.25, -0.2) is 0 Å². The van der Waals surface area contributed by atoms with Gasteiger partial charge in [0.15, 0.2) is 0 Å². The van der Waals surface area contributed by atoms with Gasteiger partial charge in [0.05, 0.1) is 0 Å². The van der Waals surface area contributed by atoms with E-state index < -0.39 is 0 Å². The summed E-state index contributed by atoms with van der Waals surface area (Å²) < 4.78 is 0. The Labute approximate surface area is 95.7 Å². The predicted octanol–water partition coefficient (Wildman–Crippen LogP) is 2.27. The lowest BCUT2D eigenvalue weighted by molar-refractivity contribution is -0.129. The Morgan fingerprint density at radius 3 is 2.33 bits per heavy atom. The van der Waals surface area contributed by atoms with E-state index in [9.17, 15) is 4.79 Å². The number of hydrogen-bond donors (Lipinski definition) is 1. The van der Waals surface area contributed by atoms with Gasteiger partial charge in [0.25, 0.3) is 0 Å². The number of likely N-dealkylation sites (tertiary alicyclic amines) is 1. The molecule has 0 atom stereocenters. The van der Waals surface area contributed by atoms with Gasteiger partial charge in [-0.05, 0) is 25.8 Å². The molecule has 0 saturated carbocycles. The van der Waals surface area contributed by atoms with Gasteiger partial charge in [0, 0.05) is 27.5 Å². The van der Waals surface area contributed by atoms with Crippen molar-refractivity contribution in [2.45, 2.75) is 53.0 Å². The smallest absolute Gasteiger partial charge is 0.219 e. The van der Waals surface area contributed by atoms with Crippen LogP contribution in [0, 0.1) is 0 Å². The summed E-state index contributed by atoms with van der Waals surface area (Å²) in [5.41, 5.74) is 0. The number of piperidine rings is 1. The zero-order valence-electron chi connectivity index (χ0n) is 10.7. The van der Waals surface area contributed by atoms with Crippen molar-refractivity contribution in [3.05, 3.63) is 0 Å². The van der Waals surface area contributed by atoms with Crippen molar-refractivity contribution in [3.8, 4) is 0 Å². The molecule has 0 unspecified atom stereocenters. The maximum absolute atomic E-state index is 11.0. The molecule has 1 saturated heterocycles. The first-order valence-electron chi connectivity index (χ1n) is 6.23. The average Bonchev–Trinajstić information content (AvgIpc) is 2.29.